The maximum Gasteiger partial charge on any atom is 0.251 e. The standard InChI is InChI=1S/C17H17NO3/c19-11-14-3-1-13(2-4-14)9-10-18-17(21)16-7-5-15(12-20)6-8-16/h1-8,12,19H,9-11H2,(H,18,21). The van der Waals surface area contributed by atoms with Gasteiger partial charge in [-0.15, -0.1) is 0 Å². The summed E-state index contributed by atoms with van der Waals surface area (Å²) in [5, 5.41) is 11.8. The number of carbonyl (C=O) groups is 2. The molecule has 108 valence electrons. The molecule has 0 aliphatic heterocycles. The zero-order valence-corrected chi connectivity index (χ0v) is 11.6. The lowest BCUT2D eigenvalue weighted by molar-refractivity contribution is 0.0953. The summed E-state index contributed by atoms with van der Waals surface area (Å²) in [6, 6.07) is 14.1. The molecule has 0 heterocycles. The predicted molar refractivity (Wildman–Crippen MR) is 80.2 cm³/mol. The molecule has 0 aromatic heterocycles. The van der Waals surface area contributed by atoms with Crippen molar-refractivity contribution in [1.29, 1.82) is 0 Å². The van der Waals surface area contributed by atoms with Gasteiger partial charge in [-0.2, -0.15) is 0 Å². The molecule has 0 aliphatic rings. The summed E-state index contributed by atoms with van der Waals surface area (Å²) in [7, 11) is 0. The highest BCUT2D eigenvalue weighted by molar-refractivity contribution is 5.94. The first-order valence-corrected chi connectivity index (χ1v) is 6.75. The lowest BCUT2D eigenvalue weighted by atomic mass is 10.1. The molecule has 2 rings (SSSR count). The van der Waals surface area contributed by atoms with Crippen LogP contribution in [-0.2, 0) is 13.0 Å². The van der Waals surface area contributed by atoms with Crippen molar-refractivity contribution in [2.75, 3.05) is 6.54 Å². The first-order chi connectivity index (χ1) is 10.2. The molecule has 0 spiro atoms. The summed E-state index contributed by atoms with van der Waals surface area (Å²) in [5.74, 6) is -0.153. The van der Waals surface area contributed by atoms with Crippen LogP contribution >= 0.6 is 0 Å². The van der Waals surface area contributed by atoms with Crippen LogP contribution in [0.25, 0.3) is 0 Å². The zero-order valence-electron chi connectivity index (χ0n) is 11.6. The normalized spacial score (nSPS) is 10.1. The van der Waals surface area contributed by atoms with Crippen molar-refractivity contribution in [1.82, 2.24) is 5.32 Å². The third-order valence-electron chi connectivity index (χ3n) is 3.21. The van der Waals surface area contributed by atoms with E-state index in [9.17, 15) is 9.59 Å². The van der Waals surface area contributed by atoms with Crippen molar-refractivity contribution in [2.24, 2.45) is 0 Å². The van der Waals surface area contributed by atoms with Gasteiger partial charge in [-0.3, -0.25) is 9.59 Å². The van der Waals surface area contributed by atoms with Gasteiger partial charge in [-0.25, -0.2) is 0 Å². The van der Waals surface area contributed by atoms with Gasteiger partial charge in [0.15, 0.2) is 0 Å². The second-order valence-electron chi connectivity index (χ2n) is 4.72. The fraction of sp³-hybridized carbons (Fsp3) is 0.176. The summed E-state index contributed by atoms with van der Waals surface area (Å²) in [4.78, 5) is 22.4. The Morgan fingerprint density at radius 2 is 1.62 bits per heavy atom. The minimum atomic E-state index is -0.153. The number of carbonyl (C=O) groups excluding carboxylic acids is 2. The number of hydrogen-bond acceptors (Lipinski definition) is 3. The van der Waals surface area contributed by atoms with E-state index in [4.69, 9.17) is 5.11 Å². The molecule has 1 amide bonds. The van der Waals surface area contributed by atoms with E-state index in [0.717, 1.165) is 23.8 Å². The van der Waals surface area contributed by atoms with Gasteiger partial charge < -0.3 is 10.4 Å². The van der Waals surface area contributed by atoms with Gasteiger partial charge in [0.25, 0.3) is 5.91 Å². The lowest BCUT2D eigenvalue weighted by Crippen LogP contribution is -2.25. The van der Waals surface area contributed by atoms with Crippen LogP contribution in [0.4, 0.5) is 0 Å². The summed E-state index contributed by atoms with van der Waals surface area (Å²) < 4.78 is 0. The smallest absolute Gasteiger partial charge is 0.251 e. The minimum Gasteiger partial charge on any atom is -0.392 e. The van der Waals surface area contributed by atoms with E-state index < -0.39 is 0 Å². The topological polar surface area (TPSA) is 66.4 Å². The molecule has 2 aromatic rings. The second-order valence-corrected chi connectivity index (χ2v) is 4.72. The molecule has 4 heteroatoms. The largest absolute Gasteiger partial charge is 0.392 e. The predicted octanol–water partition coefficient (Wildman–Crippen LogP) is 1.96. The SMILES string of the molecule is O=Cc1ccc(C(=O)NCCc2ccc(CO)cc2)cc1. The Morgan fingerprint density at radius 1 is 1.00 bits per heavy atom. The van der Waals surface area contributed by atoms with E-state index in [1.54, 1.807) is 24.3 Å². The molecule has 0 atom stereocenters. The first kappa shape index (κ1) is 14.9. The highest BCUT2D eigenvalue weighted by atomic mass is 16.3. The molecular formula is C17H17NO3. The lowest BCUT2D eigenvalue weighted by Gasteiger charge is -2.06. The number of aldehydes is 1. The molecule has 0 bridgehead atoms. The van der Waals surface area contributed by atoms with E-state index in [1.807, 2.05) is 24.3 Å². The average Bonchev–Trinajstić information content (AvgIpc) is 2.55. The average molecular weight is 283 g/mol. The Morgan fingerprint density at radius 3 is 2.19 bits per heavy atom. The van der Waals surface area contributed by atoms with E-state index in [2.05, 4.69) is 5.32 Å². The summed E-state index contributed by atoms with van der Waals surface area (Å²) in [6.45, 7) is 0.570. The van der Waals surface area contributed by atoms with Crippen molar-refractivity contribution in [3.8, 4) is 0 Å². The van der Waals surface area contributed by atoms with E-state index in [0.29, 0.717) is 17.7 Å². The van der Waals surface area contributed by atoms with Crippen molar-refractivity contribution < 1.29 is 14.7 Å². The molecule has 0 saturated carbocycles. The maximum atomic E-state index is 11.9. The number of aliphatic hydroxyl groups excluding tert-OH is 1. The highest BCUT2D eigenvalue weighted by Gasteiger charge is 2.04. The van der Waals surface area contributed by atoms with Crippen molar-refractivity contribution in [3.63, 3.8) is 0 Å². The second kappa shape index (κ2) is 7.36. The Labute approximate surface area is 123 Å². The first-order valence-electron chi connectivity index (χ1n) is 6.75. The Balaban J connectivity index is 1.84. The third kappa shape index (κ3) is 4.26. The van der Waals surface area contributed by atoms with Crippen LogP contribution in [0.3, 0.4) is 0 Å². The third-order valence-corrected chi connectivity index (χ3v) is 3.21. The summed E-state index contributed by atoms with van der Waals surface area (Å²) in [6.07, 6.45) is 1.47. The molecule has 0 saturated heterocycles. The monoisotopic (exact) mass is 283 g/mol. The van der Waals surface area contributed by atoms with Gasteiger partial charge in [0, 0.05) is 17.7 Å². The van der Waals surface area contributed by atoms with Crippen molar-refractivity contribution in [3.05, 3.63) is 70.8 Å². The van der Waals surface area contributed by atoms with Crippen LogP contribution in [0, 0.1) is 0 Å². The van der Waals surface area contributed by atoms with Gasteiger partial charge in [-0.1, -0.05) is 36.4 Å². The van der Waals surface area contributed by atoms with Gasteiger partial charge in [0.1, 0.15) is 6.29 Å². The molecule has 4 nitrogen and oxygen atoms in total. The van der Waals surface area contributed by atoms with Crippen LogP contribution in [0.15, 0.2) is 48.5 Å². The fourth-order valence-electron chi connectivity index (χ4n) is 1.95. The number of amides is 1. The quantitative estimate of drug-likeness (QED) is 0.796. The Kier molecular flexibility index (Phi) is 5.23. The van der Waals surface area contributed by atoms with Gasteiger partial charge in [-0.05, 0) is 29.7 Å². The molecular weight excluding hydrogens is 266 g/mol. The number of aliphatic hydroxyl groups is 1. The summed E-state index contributed by atoms with van der Waals surface area (Å²) in [5.41, 5.74) is 3.06. The molecule has 0 fully saturated rings. The number of rotatable bonds is 6. The Hall–Kier alpha value is -2.46. The maximum absolute atomic E-state index is 11.9. The van der Waals surface area contributed by atoms with Crippen LogP contribution in [0.5, 0.6) is 0 Å². The van der Waals surface area contributed by atoms with Crippen LogP contribution in [0.1, 0.15) is 31.8 Å². The molecule has 0 unspecified atom stereocenters. The fourth-order valence-corrected chi connectivity index (χ4v) is 1.95. The van der Waals surface area contributed by atoms with Crippen molar-refractivity contribution in [2.45, 2.75) is 13.0 Å². The molecule has 0 aliphatic carbocycles. The number of nitrogens with one attached hydrogen (secondary N) is 1. The molecule has 2 aromatic carbocycles. The highest BCUT2D eigenvalue weighted by Crippen LogP contribution is 2.05. The summed E-state index contributed by atoms with van der Waals surface area (Å²) >= 11 is 0. The van der Waals surface area contributed by atoms with Crippen LogP contribution in [-0.4, -0.2) is 23.8 Å². The van der Waals surface area contributed by atoms with Gasteiger partial charge in [0.05, 0.1) is 6.61 Å². The Bertz CT molecular complexity index is 603. The molecule has 0 radical (unpaired) electrons. The van der Waals surface area contributed by atoms with Crippen LogP contribution < -0.4 is 5.32 Å². The van der Waals surface area contributed by atoms with E-state index in [-0.39, 0.29) is 12.5 Å². The zero-order chi connectivity index (χ0) is 15.1. The van der Waals surface area contributed by atoms with E-state index in [1.165, 1.54) is 0 Å². The van der Waals surface area contributed by atoms with Crippen molar-refractivity contribution >= 4 is 12.2 Å². The van der Waals surface area contributed by atoms with Gasteiger partial charge >= 0.3 is 0 Å². The molecule has 21 heavy (non-hydrogen) atoms. The molecule has 2 N–H and O–H groups in total. The number of hydrogen-bond donors (Lipinski definition) is 2. The van der Waals surface area contributed by atoms with Gasteiger partial charge in [0.2, 0.25) is 0 Å². The van der Waals surface area contributed by atoms with Crippen LogP contribution in [0.2, 0.25) is 0 Å². The van der Waals surface area contributed by atoms with E-state index >= 15 is 0 Å². The number of benzene rings is 2. The minimum absolute atomic E-state index is 0.0355.